The summed E-state index contributed by atoms with van der Waals surface area (Å²) >= 11 is 0. The molecule has 1 heterocycles. The second-order valence-electron chi connectivity index (χ2n) is 6.24. The van der Waals surface area contributed by atoms with Gasteiger partial charge in [0.25, 0.3) is 5.91 Å². The van der Waals surface area contributed by atoms with Crippen LogP contribution in [0.4, 0.5) is 0 Å². The van der Waals surface area contributed by atoms with Crippen molar-refractivity contribution in [3.05, 3.63) is 65.0 Å². The van der Waals surface area contributed by atoms with Gasteiger partial charge in [-0.25, -0.2) is 4.98 Å². The van der Waals surface area contributed by atoms with Crippen LogP contribution in [0, 0.1) is 6.92 Å². The Morgan fingerprint density at radius 2 is 2.04 bits per heavy atom. The summed E-state index contributed by atoms with van der Waals surface area (Å²) in [5.74, 6) is 0.846. The van der Waals surface area contributed by atoms with Crippen molar-refractivity contribution in [2.75, 3.05) is 0 Å². The number of carbonyl (C=O) groups excluding carboxylic acids is 1. The molecular formula is C19H19N3O. The molecule has 0 spiro atoms. The van der Waals surface area contributed by atoms with Crippen LogP contribution in [0.5, 0.6) is 0 Å². The van der Waals surface area contributed by atoms with E-state index in [1.807, 2.05) is 25.1 Å². The predicted molar refractivity (Wildman–Crippen MR) is 90.6 cm³/mol. The number of H-pyrrole nitrogens is 1. The minimum Gasteiger partial charge on any atom is -0.349 e. The zero-order chi connectivity index (χ0) is 15.8. The van der Waals surface area contributed by atoms with Crippen molar-refractivity contribution in [1.29, 1.82) is 0 Å². The molecule has 116 valence electrons. The molecule has 4 heteroatoms. The average Bonchev–Trinajstić information content (AvgIpc) is 2.93. The Morgan fingerprint density at radius 3 is 2.91 bits per heavy atom. The summed E-state index contributed by atoms with van der Waals surface area (Å²) in [6.07, 6.45) is 2.93. The highest BCUT2D eigenvalue weighted by molar-refractivity contribution is 5.97. The van der Waals surface area contributed by atoms with Gasteiger partial charge in [-0.2, -0.15) is 0 Å². The fraction of sp³-hybridized carbons (Fsp3) is 0.263. The number of imidazole rings is 1. The van der Waals surface area contributed by atoms with Crippen LogP contribution in [0.3, 0.4) is 0 Å². The standard InChI is InChI=1S/C19H19N3O/c1-12-20-17-9-7-15(11-18(17)21-12)19(23)22-16-8-6-13-4-2-3-5-14(13)10-16/h2-5,7,9,11,16H,6,8,10H2,1H3,(H,20,21)(H,22,23)/t16-/m0/s1. The molecule has 0 bridgehead atoms. The van der Waals surface area contributed by atoms with Gasteiger partial charge in [0.2, 0.25) is 0 Å². The highest BCUT2D eigenvalue weighted by Gasteiger charge is 2.20. The summed E-state index contributed by atoms with van der Waals surface area (Å²) in [6.45, 7) is 1.92. The topological polar surface area (TPSA) is 57.8 Å². The lowest BCUT2D eigenvalue weighted by atomic mass is 9.88. The molecule has 1 aliphatic rings. The number of amides is 1. The molecule has 1 aromatic heterocycles. The molecule has 0 saturated carbocycles. The van der Waals surface area contributed by atoms with E-state index in [9.17, 15) is 4.79 Å². The Balaban J connectivity index is 1.51. The number of hydrogen-bond acceptors (Lipinski definition) is 2. The van der Waals surface area contributed by atoms with E-state index in [1.165, 1.54) is 11.1 Å². The number of aromatic amines is 1. The monoisotopic (exact) mass is 305 g/mol. The lowest BCUT2D eigenvalue weighted by molar-refractivity contribution is 0.0934. The van der Waals surface area contributed by atoms with Crippen molar-refractivity contribution < 1.29 is 4.79 Å². The number of nitrogens with zero attached hydrogens (tertiary/aromatic N) is 1. The predicted octanol–water partition coefficient (Wildman–Crippen LogP) is 3.16. The Bertz CT molecular complexity index is 881. The van der Waals surface area contributed by atoms with Crippen LogP contribution in [0.1, 0.15) is 33.7 Å². The van der Waals surface area contributed by atoms with Gasteiger partial charge in [-0.15, -0.1) is 0 Å². The van der Waals surface area contributed by atoms with Crippen molar-refractivity contribution in [3.8, 4) is 0 Å². The van der Waals surface area contributed by atoms with Crippen molar-refractivity contribution >= 4 is 16.9 Å². The third-order valence-electron chi connectivity index (χ3n) is 4.55. The van der Waals surface area contributed by atoms with E-state index < -0.39 is 0 Å². The molecule has 0 fully saturated rings. The minimum atomic E-state index is -0.0167. The fourth-order valence-corrected chi connectivity index (χ4v) is 3.36. The zero-order valence-corrected chi connectivity index (χ0v) is 13.1. The highest BCUT2D eigenvalue weighted by atomic mass is 16.1. The largest absolute Gasteiger partial charge is 0.349 e. The normalized spacial score (nSPS) is 17.0. The molecule has 1 atom stereocenters. The van der Waals surface area contributed by atoms with E-state index in [-0.39, 0.29) is 11.9 Å². The maximum absolute atomic E-state index is 12.5. The van der Waals surface area contributed by atoms with Crippen LogP contribution in [-0.2, 0) is 12.8 Å². The highest BCUT2D eigenvalue weighted by Crippen LogP contribution is 2.21. The third kappa shape index (κ3) is 2.72. The Morgan fingerprint density at radius 1 is 1.22 bits per heavy atom. The first-order chi connectivity index (χ1) is 11.2. The number of fused-ring (bicyclic) bond motifs is 2. The first-order valence-electron chi connectivity index (χ1n) is 8.03. The van der Waals surface area contributed by atoms with Gasteiger partial charge < -0.3 is 10.3 Å². The molecule has 1 amide bonds. The lowest BCUT2D eigenvalue weighted by Crippen LogP contribution is -2.38. The fourth-order valence-electron chi connectivity index (χ4n) is 3.36. The summed E-state index contributed by atoms with van der Waals surface area (Å²) in [7, 11) is 0. The quantitative estimate of drug-likeness (QED) is 0.764. The number of nitrogens with one attached hydrogen (secondary N) is 2. The van der Waals surface area contributed by atoms with E-state index in [4.69, 9.17) is 0 Å². The summed E-state index contributed by atoms with van der Waals surface area (Å²) in [4.78, 5) is 20.1. The van der Waals surface area contributed by atoms with Crippen LogP contribution in [-0.4, -0.2) is 21.9 Å². The van der Waals surface area contributed by atoms with E-state index in [0.717, 1.165) is 36.1 Å². The van der Waals surface area contributed by atoms with Gasteiger partial charge in [-0.05, 0) is 55.5 Å². The van der Waals surface area contributed by atoms with Gasteiger partial charge in [-0.3, -0.25) is 4.79 Å². The van der Waals surface area contributed by atoms with Crippen molar-refractivity contribution in [2.24, 2.45) is 0 Å². The maximum Gasteiger partial charge on any atom is 0.251 e. The van der Waals surface area contributed by atoms with Gasteiger partial charge >= 0.3 is 0 Å². The third-order valence-corrected chi connectivity index (χ3v) is 4.55. The minimum absolute atomic E-state index is 0.0167. The summed E-state index contributed by atoms with van der Waals surface area (Å²) in [5, 5.41) is 3.17. The summed E-state index contributed by atoms with van der Waals surface area (Å²) in [6, 6.07) is 14.3. The molecule has 0 unspecified atom stereocenters. The van der Waals surface area contributed by atoms with E-state index in [1.54, 1.807) is 0 Å². The van der Waals surface area contributed by atoms with Crippen LogP contribution in [0.25, 0.3) is 11.0 Å². The van der Waals surface area contributed by atoms with Gasteiger partial charge in [0.1, 0.15) is 5.82 Å². The van der Waals surface area contributed by atoms with Crippen LogP contribution in [0.2, 0.25) is 0 Å². The number of aromatic nitrogens is 2. The molecule has 23 heavy (non-hydrogen) atoms. The second-order valence-corrected chi connectivity index (χ2v) is 6.24. The Hall–Kier alpha value is -2.62. The van der Waals surface area contributed by atoms with Crippen molar-refractivity contribution in [1.82, 2.24) is 15.3 Å². The van der Waals surface area contributed by atoms with Gasteiger partial charge in [-0.1, -0.05) is 24.3 Å². The number of aryl methyl sites for hydroxylation is 2. The number of hydrogen-bond donors (Lipinski definition) is 2. The molecule has 0 saturated heterocycles. The van der Waals surface area contributed by atoms with Gasteiger partial charge in [0.15, 0.2) is 0 Å². The van der Waals surface area contributed by atoms with E-state index >= 15 is 0 Å². The molecule has 2 aromatic carbocycles. The second kappa shape index (κ2) is 5.54. The molecular weight excluding hydrogens is 286 g/mol. The smallest absolute Gasteiger partial charge is 0.251 e. The molecule has 0 radical (unpaired) electrons. The first kappa shape index (κ1) is 14.0. The lowest BCUT2D eigenvalue weighted by Gasteiger charge is -2.25. The van der Waals surface area contributed by atoms with E-state index in [0.29, 0.717) is 5.56 Å². The number of carbonyl (C=O) groups is 1. The molecule has 3 aromatic rings. The maximum atomic E-state index is 12.5. The SMILES string of the molecule is Cc1nc2cc(C(=O)N[C@H]3CCc4ccccc4C3)ccc2[nH]1. The molecule has 4 rings (SSSR count). The molecule has 2 N–H and O–H groups in total. The Labute approximate surface area is 134 Å². The van der Waals surface area contributed by atoms with E-state index in [2.05, 4.69) is 39.6 Å². The summed E-state index contributed by atoms with van der Waals surface area (Å²) in [5.41, 5.74) is 5.23. The van der Waals surface area contributed by atoms with Gasteiger partial charge in [0.05, 0.1) is 11.0 Å². The van der Waals surface area contributed by atoms with Gasteiger partial charge in [0, 0.05) is 11.6 Å². The molecule has 1 aliphatic carbocycles. The average molecular weight is 305 g/mol. The number of benzene rings is 2. The first-order valence-corrected chi connectivity index (χ1v) is 8.03. The van der Waals surface area contributed by atoms with Crippen LogP contribution in [0.15, 0.2) is 42.5 Å². The summed E-state index contributed by atoms with van der Waals surface area (Å²) < 4.78 is 0. The van der Waals surface area contributed by atoms with Crippen LogP contribution >= 0.6 is 0 Å². The number of rotatable bonds is 2. The van der Waals surface area contributed by atoms with Crippen LogP contribution < -0.4 is 5.32 Å². The Kier molecular flexibility index (Phi) is 3.37. The van der Waals surface area contributed by atoms with Crippen molar-refractivity contribution in [3.63, 3.8) is 0 Å². The molecule has 0 aliphatic heterocycles. The zero-order valence-electron chi connectivity index (χ0n) is 13.1. The van der Waals surface area contributed by atoms with Crippen molar-refractivity contribution in [2.45, 2.75) is 32.2 Å². The molecule has 4 nitrogen and oxygen atoms in total.